The molecule has 5 heteroatoms. The van der Waals surface area contributed by atoms with Crippen LogP contribution in [0.25, 0.3) is 0 Å². The van der Waals surface area contributed by atoms with Gasteiger partial charge in [0, 0.05) is 45.3 Å². The largest absolute Gasteiger partial charge is 0.323 e. The third-order valence-corrected chi connectivity index (χ3v) is 5.75. The van der Waals surface area contributed by atoms with E-state index in [1.165, 1.54) is 12.0 Å². The lowest BCUT2D eigenvalue weighted by molar-refractivity contribution is 0.154. The maximum atomic E-state index is 12.7. The van der Waals surface area contributed by atoms with Crippen LogP contribution in [-0.4, -0.2) is 79.6 Å². The van der Waals surface area contributed by atoms with Crippen molar-refractivity contribution in [2.45, 2.75) is 37.8 Å². The van der Waals surface area contributed by atoms with Gasteiger partial charge < -0.3 is 20.0 Å². The summed E-state index contributed by atoms with van der Waals surface area (Å²) in [6.45, 7) is 4.96. The molecule has 2 amide bonds. The van der Waals surface area contributed by atoms with Crippen molar-refractivity contribution >= 4 is 6.03 Å². The number of benzene rings is 1. The van der Waals surface area contributed by atoms with Crippen molar-refractivity contribution in [3.05, 3.63) is 35.9 Å². The number of rotatable bonds is 6. The first-order valence-electron chi connectivity index (χ1n) is 9.62. The first-order chi connectivity index (χ1) is 12.2. The van der Waals surface area contributed by atoms with Crippen molar-refractivity contribution in [1.82, 2.24) is 20.0 Å². The molecule has 0 bridgehead atoms. The minimum absolute atomic E-state index is 0.203. The molecule has 0 saturated carbocycles. The summed E-state index contributed by atoms with van der Waals surface area (Å²) in [6.07, 6.45) is 4.48. The molecule has 2 fully saturated rings. The predicted octanol–water partition coefficient (Wildman–Crippen LogP) is 2.04. The van der Waals surface area contributed by atoms with Crippen molar-refractivity contribution in [3.63, 3.8) is 0 Å². The zero-order chi connectivity index (χ0) is 17.6. The van der Waals surface area contributed by atoms with E-state index in [9.17, 15) is 4.79 Å². The zero-order valence-corrected chi connectivity index (χ0v) is 15.7. The second kappa shape index (κ2) is 8.68. The van der Waals surface area contributed by atoms with Gasteiger partial charge in [0.25, 0.3) is 0 Å². The molecule has 0 radical (unpaired) electrons. The molecule has 2 saturated heterocycles. The Morgan fingerprint density at radius 3 is 2.72 bits per heavy atom. The number of carbonyl (C=O) groups excluding carboxylic acids is 1. The quantitative estimate of drug-likeness (QED) is 0.858. The number of hydrogen-bond donors (Lipinski definition) is 1. The van der Waals surface area contributed by atoms with Gasteiger partial charge in [-0.3, -0.25) is 0 Å². The molecule has 3 rings (SSSR count). The Kier molecular flexibility index (Phi) is 6.32. The average molecular weight is 345 g/mol. The molecule has 2 unspecified atom stereocenters. The Balaban J connectivity index is 1.40. The van der Waals surface area contributed by atoms with Crippen LogP contribution in [0.1, 0.15) is 24.8 Å². The van der Waals surface area contributed by atoms with E-state index in [1.807, 2.05) is 23.9 Å². The third kappa shape index (κ3) is 4.73. The highest BCUT2D eigenvalue weighted by Gasteiger charge is 2.33. The second-order valence-corrected chi connectivity index (χ2v) is 7.45. The van der Waals surface area contributed by atoms with Crippen LogP contribution in [0.4, 0.5) is 4.79 Å². The number of likely N-dealkylation sites (N-methyl/N-ethyl adjacent to an activating group) is 2. The number of likely N-dealkylation sites (tertiary alicyclic amines) is 2. The van der Waals surface area contributed by atoms with E-state index in [4.69, 9.17) is 0 Å². The predicted molar refractivity (Wildman–Crippen MR) is 102 cm³/mol. The number of urea groups is 1. The topological polar surface area (TPSA) is 38.8 Å². The van der Waals surface area contributed by atoms with E-state index < -0.39 is 0 Å². The molecular formula is C20H32N4O. The summed E-state index contributed by atoms with van der Waals surface area (Å²) in [6, 6.07) is 11.7. The number of carbonyl (C=O) groups is 1. The molecule has 138 valence electrons. The Hall–Kier alpha value is -1.59. The van der Waals surface area contributed by atoms with Gasteiger partial charge in [-0.15, -0.1) is 0 Å². The van der Waals surface area contributed by atoms with E-state index >= 15 is 0 Å². The highest BCUT2D eigenvalue weighted by molar-refractivity contribution is 5.75. The van der Waals surface area contributed by atoms with E-state index in [1.54, 1.807) is 0 Å². The van der Waals surface area contributed by atoms with Crippen LogP contribution in [-0.2, 0) is 6.42 Å². The zero-order valence-electron chi connectivity index (χ0n) is 15.7. The molecule has 1 aromatic rings. The summed E-state index contributed by atoms with van der Waals surface area (Å²) in [5.74, 6) is 0. The average Bonchev–Trinajstić information content (AvgIpc) is 3.31. The van der Waals surface area contributed by atoms with Gasteiger partial charge in [0.15, 0.2) is 0 Å². The first kappa shape index (κ1) is 18.2. The lowest BCUT2D eigenvalue weighted by Gasteiger charge is -2.29. The van der Waals surface area contributed by atoms with E-state index in [2.05, 4.69) is 40.5 Å². The highest BCUT2D eigenvalue weighted by Crippen LogP contribution is 2.19. The minimum Gasteiger partial charge on any atom is -0.323 e. The molecule has 25 heavy (non-hydrogen) atoms. The van der Waals surface area contributed by atoms with Crippen molar-refractivity contribution in [1.29, 1.82) is 0 Å². The molecule has 2 heterocycles. The number of hydrogen-bond acceptors (Lipinski definition) is 3. The Morgan fingerprint density at radius 1 is 1.20 bits per heavy atom. The number of amides is 2. The van der Waals surface area contributed by atoms with Gasteiger partial charge in [-0.25, -0.2) is 4.79 Å². The maximum absolute atomic E-state index is 12.7. The Morgan fingerprint density at radius 2 is 2.00 bits per heavy atom. The molecule has 0 spiro atoms. The lowest BCUT2D eigenvalue weighted by atomic mass is 10.1. The van der Waals surface area contributed by atoms with E-state index in [-0.39, 0.29) is 6.03 Å². The number of nitrogens with one attached hydrogen (secondary N) is 1. The van der Waals surface area contributed by atoms with Crippen LogP contribution in [0, 0.1) is 0 Å². The number of nitrogens with zero attached hydrogens (tertiary/aromatic N) is 3. The van der Waals surface area contributed by atoms with Gasteiger partial charge in [-0.05, 0) is 44.8 Å². The van der Waals surface area contributed by atoms with Crippen LogP contribution in [0.3, 0.4) is 0 Å². The van der Waals surface area contributed by atoms with Crippen molar-refractivity contribution in [2.75, 3.05) is 46.8 Å². The fourth-order valence-electron chi connectivity index (χ4n) is 4.03. The smallest absolute Gasteiger partial charge is 0.320 e. The van der Waals surface area contributed by atoms with E-state index in [0.717, 1.165) is 52.0 Å². The summed E-state index contributed by atoms with van der Waals surface area (Å²) >= 11 is 0. The monoisotopic (exact) mass is 344 g/mol. The Labute approximate surface area is 152 Å². The molecule has 0 aliphatic carbocycles. The molecule has 2 aliphatic rings. The molecule has 1 N–H and O–H groups in total. The lowest BCUT2D eigenvalue weighted by Crippen LogP contribution is -2.47. The fraction of sp³-hybridized carbons (Fsp3) is 0.650. The summed E-state index contributed by atoms with van der Waals surface area (Å²) < 4.78 is 0. The summed E-state index contributed by atoms with van der Waals surface area (Å²) in [7, 11) is 3.96. The van der Waals surface area contributed by atoms with Crippen molar-refractivity contribution in [2.24, 2.45) is 0 Å². The first-order valence-corrected chi connectivity index (χ1v) is 9.62. The van der Waals surface area contributed by atoms with Gasteiger partial charge in [-0.2, -0.15) is 0 Å². The van der Waals surface area contributed by atoms with Crippen LogP contribution in [0.5, 0.6) is 0 Å². The molecule has 0 aromatic heterocycles. The normalized spacial score (nSPS) is 24.0. The summed E-state index contributed by atoms with van der Waals surface area (Å²) in [5, 5.41) is 3.28. The standard InChI is InChI=1S/C20H32N4O/c1-21-18-10-14-24(15-18)20(25)22(2)19-11-13-23(16-19)12-6-9-17-7-4-3-5-8-17/h3-5,7-8,18-19,21H,6,9-16H2,1-2H3. The van der Waals surface area contributed by atoms with Crippen LogP contribution in [0.2, 0.25) is 0 Å². The van der Waals surface area contributed by atoms with Crippen LogP contribution in [0.15, 0.2) is 30.3 Å². The number of aryl methyl sites for hydroxylation is 1. The maximum Gasteiger partial charge on any atom is 0.320 e. The van der Waals surface area contributed by atoms with Crippen LogP contribution < -0.4 is 5.32 Å². The molecular weight excluding hydrogens is 312 g/mol. The van der Waals surface area contributed by atoms with Crippen molar-refractivity contribution in [3.8, 4) is 0 Å². The van der Waals surface area contributed by atoms with Crippen LogP contribution >= 0.6 is 0 Å². The second-order valence-electron chi connectivity index (χ2n) is 7.45. The SMILES string of the molecule is CNC1CCN(C(=O)N(C)C2CCN(CCCc3ccccc3)C2)C1. The fourth-order valence-corrected chi connectivity index (χ4v) is 4.03. The van der Waals surface area contributed by atoms with Gasteiger partial charge in [0.05, 0.1) is 0 Å². The summed E-state index contributed by atoms with van der Waals surface area (Å²) in [5.41, 5.74) is 1.42. The van der Waals surface area contributed by atoms with Crippen molar-refractivity contribution < 1.29 is 4.79 Å². The van der Waals surface area contributed by atoms with Gasteiger partial charge in [0.2, 0.25) is 0 Å². The summed E-state index contributed by atoms with van der Waals surface area (Å²) in [4.78, 5) is 19.2. The van der Waals surface area contributed by atoms with Gasteiger partial charge >= 0.3 is 6.03 Å². The highest BCUT2D eigenvalue weighted by atomic mass is 16.2. The molecule has 2 aliphatic heterocycles. The van der Waals surface area contributed by atoms with E-state index in [0.29, 0.717) is 12.1 Å². The third-order valence-electron chi connectivity index (χ3n) is 5.75. The molecule has 5 nitrogen and oxygen atoms in total. The molecule has 2 atom stereocenters. The minimum atomic E-state index is 0.203. The Bertz CT molecular complexity index is 550. The molecule has 1 aromatic carbocycles. The van der Waals surface area contributed by atoms with Gasteiger partial charge in [-0.1, -0.05) is 30.3 Å². The van der Waals surface area contributed by atoms with Gasteiger partial charge in [0.1, 0.15) is 0 Å².